The molecule has 0 aromatic rings. The zero-order chi connectivity index (χ0) is 11.8. The molecule has 1 atom stereocenters. The third-order valence-corrected chi connectivity index (χ3v) is 6.47. The minimum absolute atomic E-state index is 0.0136. The topological polar surface area (TPSA) is 57.6 Å². The maximum Gasteiger partial charge on any atom is 0.326 e. The summed E-state index contributed by atoms with van der Waals surface area (Å²) in [5.41, 5.74) is 0. The first-order valence-electron chi connectivity index (χ1n) is 5.30. The van der Waals surface area contributed by atoms with Gasteiger partial charge in [-0.2, -0.15) is 0 Å². The summed E-state index contributed by atoms with van der Waals surface area (Å²) in [6, 6.07) is 0.403. The SMILES string of the molecule is CC(C)C[Si](C)(C)N1C(=O)C[C@H]1C(=O)O. The molecule has 0 bridgehead atoms. The van der Waals surface area contributed by atoms with Crippen molar-refractivity contribution in [2.24, 2.45) is 5.92 Å². The maximum absolute atomic E-state index is 11.5. The molecule has 1 aliphatic rings. The van der Waals surface area contributed by atoms with Crippen molar-refractivity contribution in [3.8, 4) is 0 Å². The van der Waals surface area contributed by atoms with E-state index in [1.807, 2.05) is 0 Å². The molecule has 0 aromatic carbocycles. The van der Waals surface area contributed by atoms with Gasteiger partial charge >= 0.3 is 5.97 Å². The van der Waals surface area contributed by atoms with Crippen LogP contribution in [0.15, 0.2) is 0 Å². The summed E-state index contributed by atoms with van der Waals surface area (Å²) in [4.78, 5) is 22.4. The van der Waals surface area contributed by atoms with Crippen LogP contribution >= 0.6 is 0 Å². The first kappa shape index (κ1) is 12.2. The zero-order valence-corrected chi connectivity index (χ0v) is 10.8. The highest BCUT2D eigenvalue weighted by Crippen LogP contribution is 2.31. The summed E-state index contributed by atoms with van der Waals surface area (Å²) in [5, 5.41) is 8.95. The van der Waals surface area contributed by atoms with Crippen LogP contribution in [-0.4, -0.2) is 35.8 Å². The van der Waals surface area contributed by atoms with Crippen molar-refractivity contribution in [1.82, 2.24) is 4.57 Å². The lowest BCUT2D eigenvalue weighted by molar-refractivity contribution is -0.156. The maximum atomic E-state index is 11.5. The average Bonchev–Trinajstić information content (AvgIpc) is 1.94. The van der Waals surface area contributed by atoms with Crippen molar-refractivity contribution in [2.45, 2.75) is 45.4 Å². The highest BCUT2D eigenvalue weighted by molar-refractivity contribution is 6.77. The third kappa shape index (κ3) is 2.39. The molecule has 1 amide bonds. The molecule has 4 nitrogen and oxygen atoms in total. The number of carboxylic acid groups (broad SMARTS) is 1. The van der Waals surface area contributed by atoms with Gasteiger partial charge in [-0.15, -0.1) is 0 Å². The number of aliphatic carboxylic acids is 1. The van der Waals surface area contributed by atoms with E-state index in [4.69, 9.17) is 5.11 Å². The second-order valence-corrected chi connectivity index (χ2v) is 9.75. The van der Waals surface area contributed by atoms with Crippen LogP contribution in [0, 0.1) is 5.92 Å². The Morgan fingerprint density at radius 2 is 2.13 bits per heavy atom. The Hall–Kier alpha value is -0.843. The van der Waals surface area contributed by atoms with Gasteiger partial charge < -0.3 is 9.67 Å². The minimum atomic E-state index is -1.87. The molecule has 1 rings (SSSR count). The predicted octanol–water partition coefficient (Wildman–Crippen LogP) is 1.53. The van der Waals surface area contributed by atoms with Gasteiger partial charge in [0.25, 0.3) is 0 Å². The fourth-order valence-electron chi connectivity index (χ4n) is 2.47. The molecular weight excluding hydrogens is 210 g/mol. The lowest BCUT2D eigenvalue weighted by Gasteiger charge is -2.48. The molecule has 0 saturated carbocycles. The Bertz CT molecular complexity index is 288. The Morgan fingerprint density at radius 3 is 2.47 bits per heavy atom. The van der Waals surface area contributed by atoms with Gasteiger partial charge in [0.2, 0.25) is 5.91 Å². The minimum Gasteiger partial charge on any atom is -0.480 e. The van der Waals surface area contributed by atoms with Gasteiger partial charge in [-0.1, -0.05) is 26.9 Å². The van der Waals surface area contributed by atoms with E-state index < -0.39 is 20.2 Å². The highest BCUT2D eigenvalue weighted by atomic mass is 28.3. The number of nitrogens with zero attached hydrogens (tertiary/aromatic N) is 1. The van der Waals surface area contributed by atoms with Crippen molar-refractivity contribution >= 4 is 20.1 Å². The normalized spacial score (nSPS) is 21.8. The molecule has 1 heterocycles. The van der Waals surface area contributed by atoms with Gasteiger partial charge in [-0.3, -0.25) is 9.59 Å². The summed E-state index contributed by atoms with van der Waals surface area (Å²) in [7, 11) is -1.87. The average molecular weight is 229 g/mol. The van der Waals surface area contributed by atoms with E-state index in [1.165, 1.54) is 0 Å². The van der Waals surface area contributed by atoms with Gasteiger partial charge in [-0.05, 0) is 12.0 Å². The predicted molar refractivity (Wildman–Crippen MR) is 60.0 cm³/mol. The van der Waals surface area contributed by atoms with Gasteiger partial charge in [0.15, 0.2) is 8.24 Å². The standard InChI is InChI=1S/C10H19NO3Si/c1-7(2)6-15(3,4)11-8(10(13)14)5-9(11)12/h7-8H,5-6H2,1-4H3,(H,13,14)/t8-/m0/s1. The largest absolute Gasteiger partial charge is 0.480 e. The Balaban J connectivity index is 2.76. The molecule has 0 aliphatic carbocycles. The summed E-state index contributed by atoms with van der Waals surface area (Å²) in [5.74, 6) is -0.340. The zero-order valence-electron chi connectivity index (χ0n) is 9.78. The number of carbonyl (C=O) groups excluding carboxylic acids is 1. The van der Waals surface area contributed by atoms with Crippen molar-refractivity contribution in [2.75, 3.05) is 0 Å². The van der Waals surface area contributed by atoms with E-state index in [0.717, 1.165) is 6.04 Å². The molecule has 1 saturated heterocycles. The number of carbonyl (C=O) groups is 2. The number of β-lactam (4-membered cyclic amide) rings is 1. The number of hydrogen-bond acceptors (Lipinski definition) is 2. The number of amides is 1. The van der Waals surface area contributed by atoms with E-state index >= 15 is 0 Å². The lowest BCUT2D eigenvalue weighted by atomic mass is 10.1. The summed E-state index contributed by atoms with van der Waals surface area (Å²) >= 11 is 0. The number of carboxylic acids is 1. The molecule has 1 fully saturated rings. The van der Waals surface area contributed by atoms with Crippen LogP contribution in [0.25, 0.3) is 0 Å². The molecule has 5 heteroatoms. The first-order chi connectivity index (χ1) is 6.75. The molecule has 86 valence electrons. The van der Waals surface area contributed by atoms with Crippen LogP contribution in [0.2, 0.25) is 19.1 Å². The second-order valence-electron chi connectivity index (χ2n) is 5.23. The molecule has 15 heavy (non-hydrogen) atoms. The Morgan fingerprint density at radius 1 is 1.60 bits per heavy atom. The lowest BCUT2D eigenvalue weighted by Crippen LogP contribution is -2.67. The molecule has 0 aromatic heterocycles. The fraction of sp³-hybridized carbons (Fsp3) is 0.800. The third-order valence-electron chi connectivity index (χ3n) is 2.79. The fourth-order valence-corrected chi connectivity index (χ4v) is 6.48. The first-order valence-corrected chi connectivity index (χ1v) is 8.46. The molecule has 0 radical (unpaired) electrons. The Labute approximate surface area is 91.4 Å². The van der Waals surface area contributed by atoms with Crippen molar-refractivity contribution in [3.05, 3.63) is 0 Å². The van der Waals surface area contributed by atoms with Gasteiger partial charge in [0.05, 0.1) is 6.42 Å². The quantitative estimate of drug-likeness (QED) is 0.587. The molecule has 1 N–H and O–H groups in total. The van der Waals surface area contributed by atoms with Crippen LogP contribution in [0.4, 0.5) is 0 Å². The number of rotatable bonds is 4. The van der Waals surface area contributed by atoms with E-state index in [9.17, 15) is 9.59 Å². The van der Waals surface area contributed by atoms with E-state index in [0.29, 0.717) is 5.92 Å². The van der Waals surface area contributed by atoms with Gasteiger partial charge in [0.1, 0.15) is 6.04 Å². The van der Waals surface area contributed by atoms with Gasteiger partial charge in [0, 0.05) is 0 Å². The molecule has 0 spiro atoms. The summed E-state index contributed by atoms with van der Waals surface area (Å²) in [6.07, 6.45) is 0.184. The van der Waals surface area contributed by atoms with Crippen LogP contribution in [0.3, 0.4) is 0 Å². The molecule has 0 unspecified atom stereocenters. The van der Waals surface area contributed by atoms with Gasteiger partial charge in [-0.25, -0.2) is 0 Å². The summed E-state index contributed by atoms with van der Waals surface area (Å²) in [6.45, 7) is 8.35. The Kier molecular flexibility index (Phi) is 3.23. The van der Waals surface area contributed by atoms with Crippen molar-refractivity contribution in [1.29, 1.82) is 0 Å². The van der Waals surface area contributed by atoms with E-state index in [-0.39, 0.29) is 12.3 Å². The van der Waals surface area contributed by atoms with E-state index in [2.05, 4.69) is 26.9 Å². The van der Waals surface area contributed by atoms with Crippen molar-refractivity contribution < 1.29 is 14.7 Å². The number of hydrogen-bond donors (Lipinski definition) is 1. The van der Waals surface area contributed by atoms with Crippen LogP contribution in [0.5, 0.6) is 0 Å². The van der Waals surface area contributed by atoms with Crippen LogP contribution < -0.4 is 0 Å². The summed E-state index contributed by atoms with van der Waals surface area (Å²) < 4.78 is 1.65. The van der Waals surface area contributed by atoms with Crippen molar-refractivity contribution in [3.63, 3.8) is 0 Å². The monoisotopic (exact) mass is 229 g/mol. The van der Waals surface area contributed by atoms with E-state index in [1.54, 1.807) is 4.57 Å². The van der Waals surface area contributed by atoms with Crippen LogP contribution in [-0.2, 0) is 9.59 Å². The molecule has 1 aliphatic heterocycles. The second kappa shape index (κ2) is 3.96. The molecular formula is C10H19NO3Si. The van der Waals surface area contributed by atoms with Crippen LogP contribution in [0.1, 0.15) is 20.3 Å². The smallest absolute Gasteiger partial charge is 0.326 e. The highest BCUT2D eigenvalue weighted by Gasteiger charge is 2.49.